The van der Waals surface area contributed by atoms with Gasteiger partial charge >= 0.3 is 0 Å². The molecule has 0 unspecified atom stereocenters. The number of nitro groups is 1. The molecule has 0 saturated heterocycles. The Morgan fingerprint density at radius 3 is 2.62 bits per heavy atom. The monoisotopic (exact) mass is 389 g/mol. The van der Waals surface area contributed by atoms with Crippen molar-refractivity contribution < 1.29 is 14.5 Å². The number of nitro benzene ring substituents is 1. The standard InChI is InChI=1S/C22H19N3O4/c1-29-15-6-8-19-18(12-15)17-10-11-24-20(26)9-7-16(22(24)21(17)23-19)13-2-4-14(5-3-13)25(27)28/h2-6,8,12,23H,7,9-11H2,1H3. The molecule has 2 aromatic carbocycles. The fourth-order valence-electron chi connectivity index (χ4n) is 4.40. The van der Waals surface area contributed by atoms with Crippen LogP contribution in [0.1, 0.15) is 29.7 Å². The van der Waals surface area contributed by atoms with Crippen LogP contribution in [0.15, 0.2) is 42.5 Å². The van der Waals surface area contributed by atoms with Crippen molar-refractivity contribution in [1.82, 2.24) is 9.88 Å². The quantitative estimate of drug-likeness (QED) is 0.539. The first-order valence-electron chi connectivity index (χ1n) is 9.54. The largest absolute Gasteiger partial charge is 0.497 e. The molecule has 2 aliphatic heterocycles. The van der Waals surface area contributed by atoms with Crippen molar-refractivity contribution in [3.63, 3.8) is 0 Å². The third kappa shape index (κ3) is 2.69. The summed E-state index contributed by atoms with van der Waals surface area (Å²) in [6, 6.07) is 12.5. The van der Waals surface area contributed by atoms with Crippen LogP contribution in [0.3, 0.4) is 0 Å². The van der Waals surface area contributed by atoms with E-state index in [0.29, 0.717) is 19.4 Å². The normalized spacial score (nSPS) is 16.0. The minimum atomic E-state index is -0.401. The molecule has 3 aromatic rings. The Bertz CT molecular complexity index is 1190. The molecule has 1 amide bonds. The molecule has 0 fully saturated rings. The molecule has 0 radical (unpaired) electrons. The van der Waals surface area contributed by atoms with E-state index in [0.717, 1.165) is 45.6 Å². The lowest BCUT2D eigenvalue weighted by Crippen LogP contribution is -2.37. The van der Waals surface area contributed by atoms with Crippen molar-refractivity contribution in [3.8, 4) is 5.75 Å². The Morgan fingerprint density at radius 1 is 1.10 bits per heavy atom. The van der Waals surface area contributed by atoms with Crippen LogP contribution in [0, 0.1) is 10.1 Å². The maximum absolute atomic E-state index is 12.6. The number of aromatic amines is 1. The number of amides is 1. The summed E-state index contributed by atoms with van der Waals surface area (Å²) in [6.45, 7) is 0.627. The fraction of sp³-hybridized carbons (Fsp3) is 0.227. The minimum absolute atomic E-state index is 0.0603. The molecular weight excluding hydrogens is 370 g/mol. The number of H-pyrrole nitrogens is 1. The maximum Gasteiger partial charge on any atom is 0.269 e. The van der Waals surface area contributed by atoms with Gasteiger partial charge in [-0.15, -0.1) is 0 Å². The molecule has 1 N–H and O–H groups in total. The van der Waals surface area contributed by atoms with Crippen molar-refractivity contribution in [2.24, 2.45) is 0 Å². The highest BCUT2D eigenvalue weighted by molar-refractivity contribution is 6.04. The molecule has 1 aromatic heterocycles. The molecule has 29 heavy (non-hydrogen) atoms. The summed E-state index contributed by atoms with van der Waals surface area (Å²) in [5.74, 6) is 0.915. The maximum atomic E-state index is 12.6. The van der Waals surface area contributed by atoms with E-state index in [4.69, 9.17) is 4.74 Å². The summed E-state index contributed by atoms with van der Waals surface area (Å²) in [4.78, 5) is 28.6. The third-order valence-electron chi connectivity index (χ3n) is 5.81. The van der Waals surface area contributed by atoms with E-state index in [2.05, 4.69) is 4.98 Å². The van der Waals surface area contributed by atoms with Gasteiger partial charge in [-0.3, -0.25) is 14.9 Å². The van der Waals surface area contributed by atoms with Crippen molar-refractivity contribution in [3.05, 3.63) is 69.4 Å². The molecular formula is C22H19N3O4. The summed E-state index contributed by atoms with van der Waals surface area (Å²) in [6.07, 6.45) is 1.82. The Hall–Kier alpha value is -3.61. The number of nitrogens with zero attached hydrogens (tertiary/aromatic N) is 2. The lowest BCUT2D eigenvalue weighted by molar-refractivity contribution is -0.384. The third-order valence-corrected chi connectivity index (χ3v) is 5.81. The van der Waals surface area contributed by atoms with Crippen molar-refractivity contribution >= 4 is 33.8 Å². The van der Waals surface area contributed by atoms with E-state index in [-0.39, 0.29) is 11.6 Å². The molecule has 0 saturated carbocycles. The first-order chi connectivity index (χ1) is 14.1. The lowest BCUT2D eigenvalue weighted by atomic mass is 9.89. The number of non-ortho nitro benzene ring substituents is 1. The van der Waals surface area contributed by atoms with Crippen LogP contribution in [-0.2, 0) is 11.2 Å². The van der Waals surface area contributed by atoms with Crippen LogP contribution in [-0.4, -0.2) is 34.4 Å². The summed E-state index contributed by atoms with van der Waals surface area (Å²) in [5.41, 5.74) is 6.05. The van der Waals surface area contributed by atoms with Crippen LogP contribution in [0.4, 0.5) is 5.69 Å². The average molecular weight is 389 g/mol. The number of hydrogen-bond acceptors (Lipinski definition) is 4. The minimum Gasteiger partial charge on any atom is -0.497 e. The predicted molar refractivity (Wildman–Crippen MR) is 109 cm³/mol. The summed E-state index contributed by atoms with van der Waals surface area (Å²) < 4.78 is 5.38. The fourth-order valence-corrected chi connectivity index (χ4v) is 4.40. The number of nitrogens with one attached hydrogen (secondary N) is 1. The highest BCUT2D eigenvalue weighted by Gasteiger charge is 2.34. The molecule has 7 nitrogen and oxygen atoms in total. The number of rotatable bonds is 3. The molecule has 0 aliphatic carbocycles. The molecule has 2 aliphatic rings. The van der Waals surface area contributed by atoms with E-state index in [1.54, 1.807) is 19.2 Å². The van der Waals surface area contributed by atoms with Crippen LogP contribution < -0.4 is 4.74 Å². The molecule has 0 bridgehead atoms. The van der Waals surface area contributed by atoms with E-state index < -0.39 is 4.92 Å². The second-order valence-electron chi connectivity index (χ2n) is 7.32. The van der Waals surface area contributed by atoms with Gasteiger partial charge in [-0.05, 0) is 59.9 Å². The molecule has 0 atom stereocenters. The average Bonchev–Trinajstić information content (AvgIpc) is 3.12. The number of methoxy groups -OCH3 is 1. The van der Waals surface area contributed by atoms with E-state index in [1.165, 1.54) is 17.7 Å². The van der Waals surface area contributed by atoms with Crippen LogP contribution in [0.2, 0.25) is 0 Å². The number of carbonyl (C=O) groups excluding carboxylic acids is 1. The lowest BCUT2D eigenvalue weighted by Gasteiger charge is -2.35. The molecule has 7 heteroatoms. The van der Waals surface area contributed by atoms with Crippen molar-refractivity contribution in [2.75, 3.05) is 13.7 Å². The first-order valence-corrected chi connectivity index (χ1v) is 9.54. The zero-order chi connectivity index (χ0) is 20.1. The number of fused-ring (bicyclic) bond motifs is 5. The highest BCUT2D eigenvalue weighted by Crippen LogP contribution is 2.43. The number of carbonyl (C=O) groups is 1. The van der Waals surface area contributed by atoms with Gasteiger partial charge in [0.25, 0.3) is 5.69 Å². The summed E-state index contributed by atoms with van der Waals surface area (Å²) in [7, 11) is 1.65. The summed E-state index contributed by atoms with van der Waals surface area (Å²) in [5, 5.41) is 12.1. The number of benzene rings is 2. The second kappa shape index (κ2) is 6.48. The van der Waals surface area contributed by atoms with E-state index in [1.807, 2.05) is 23.1 Å². The zero-order valence-corrected chi connectivity index (χ0v) is 15.9. The van der Waals surface area contributed by atoms with Gasteiger partial charge in [-0.2, -0.15) is 0 Å². The van der Waals surface area contributed by atoms with Crippen molar-refractivity contribution in [2.45, 2.75) is 19.3 Å². The Balaban J connectivity index is 1.72. The van der Waals surface area contributed by atoms with Gasteiger partial charge in [-0.1, -0.05) is 0 Å². The van der Waals surface area contributed by atoms with Crippen molar-refractivity contribution in [1.29, 1.82) is 0 Å². The topological polar surface area (TPSA) is 88.5 Å². The first kappa shape index (κ1) is 17.5. The highest BCUT2D eigenvalue weighted by atomic mass is 16.6. The number of allylic oxidation sites excluding steroid dienone is 1. The van der Waals surface area contributed by atoms with Crippen LogP contribution in [0.5, 0.6) is 5.75 Å². The molecule has 0 spiro atoms. The summed E-state index contributed by atoms with van der Waals surface area (Å²) >= 11 is 0. The Morgan fingerprint density at radius 2 is 1.90 bits per heavy atom. The van der Waals surface area contributed by atoms with Gasteiger partial charge in [0.2, 0.25) is 5.91 Å². The molecule has 3 heterocycles. The SMILES string of the molecule is COc1ccc2[nH]c3c(c2c1)CCN1C(=O)CCC(c2ccc([N+](=O)[O-])cc2)=C31. The van der Waals surface area contributed by atoms with Gasteiger partial charge < -0.3 is 14.6 Å². The predicted octanol–water partition coefficient (Wildman–Crippen LogP) is 4.13. The number of hydrogen-bond donors (Lipinski definition) is 1. The van der Waals surface area contributed by atoms with Gasteiger partial charge in [0.1, 0.15) is 5.75 Å². The van der Waals surface area contributed by atoms with Gasteiger partial charge in [0.05, 0.1) is 23.4 Å². The Kier molecular flexibility index (Phi) is 3.91. The number of ether oxygens (including phenoxy) is 1. The van der Waals surface area contributed by atoms with Gasteiger partial charge in [0.15, 0.2) is 0 Å². The molecule has 146 valence electrons. The van der Waals surface area contributed by atoms with Gasteiger partial charge in [0, 0.05) is 36.0 Å². The molecule has 5 rings (SSSR count). The van der Waals surface area contributed by atoms with Crippen LogP contribution >= 0.6 is 0 Å². The number of aromatic nitrogens is 1. The van der Waals surface area contributed by atoms with E-state index in [9.17, 15) is 14.9 Å². The Labute approximate surface area is 166 Å². The van der Waals surface area contributed by atoms with E-state index >= 15 is 0 Å². The smallest absolute Gasteiger partial charge is 0.269 e. The van der Waals surface area contributed by atoms with Crippen LogP contribution in [0.25, 0.3) is 22.2 Å². The second-order valence-corrected chi connectivity index (χ2v) is 7.32. The van der Waals surface area contributed by atoms with Gasteiger partial charge in [-0.25, -0.2) is 0 Å². The zero-order valence-electron chi connectivity index (χ0n) is 15.9.